The number of allylic oxidation sites excluding steroid dienone is 12. The van der Waals surface area contributed by atoms with Gasteiger partial charge in [0.2, 0.25) is 0 Å². The van der Waals surface area contributed by atoms with Crippen LogP contribution in [0.4, 0.5) is 0 Å². The molecule has 5 heteroatoms. The third-order valence-corrected chi connectivity index (χ3v) is 12.5. The van der Waals surface area contributed by atoms with Gasteiger partial charge in [-0.1, -0.05) is 128 Å². The lowest BCUT2D eigenvalue weighted by Gasteiger charge is -2.45. The fraction of sp³-hybridized carbons (Fsp3) is 0.613. The van der Waals surface area contributed by atoms with Crippen LogP contribution < -0.4 is 0 Å². The molecule has 0 fully saturated rings. The zero-order valence-corrected chi connectivity index (χ0v) is 26.0. The molecule has 2 aliphatic rings. The van der Waals surface area contributed by atoms with Crippen molar-refractivity contribution >= 4 is 16.4 Å². The molecule has 0 aromatic carbocycles. The monoisotopic (exact) mass is 529 g/mol. The van der Waals surface area contributed by atoms with Crippen molar-refractivity contribution in [3.8, 4) is 0 Å². The first-order valence-corrected chi connectivity index (χ1v) is 16.9. The Bertz CT molecular complexity index is 811. The quantitative estimate of drug-likeness (QED) is 0.145. The molecule has 0 amide bonds. The van der Waals surface area contributed by atoms with Crippen LogP contribution in [0, 0.1) is 11.8 Å². The third-order valence-electron chi connectivity index (χ3n) is 6.79. The molecular weight excluding hydrogens is 476 g/mol. The predicted octanol–water partition coefficient (Wildman–Crippen LogP) is 9.86. The second kappa shape index (κ2) is 17.6. The van der Waals surface area contributed by atoms with Crippen molar-refractivity contribution < 1.29 is 0 Å². The molecule has 0 bridgehead atoms. The van der Waals surface area contributed by atoms with E-state index in [1.165, 1.54) is 62.2 Å². The van der Waals surface area contributed by atoms with Gasteiger partial charge in [0.25, 0.3) is 0 Å². The topological polar surface area (TPSA) is 9.72 Å². The summed E-state index contributed by atoms with van der Waals surface area (Å²) in [5.41, 5.74) is 0. The number of nitrogens with zero attached hydrogens (tertiary/aromatic N) is 3. The molecule has 36 heavy (non-hydrogen) atoms. The second-order valence-corrected chi connectivity index (χ2v) is 14.8. The van der Waals surface area contributed by atoms with Gasteiger partial charge in [0, 0.05) is 36.8 Å². The molecule has 0 heterocycles. The molecule has 0 saturated carbocycles. The average molecular weight is 530 g/mol. The largest absolute Gasteiger partial charge is 0.266 e. The molecule has 202 valence electrons. The molecule has 4 unspecified atom stereocenters. The lowest BCUT2D eigenvalue weighted by atomic mass is 10.2. The first kappa shape index (κ1) is 31.4. The van der Waals surface area contributed by atoms with E-state index in [0.29, 0.717) is 11.8 Å². The van der Waals surface area contributed by atoms with E-state index in [2.05, 4.69) is 123 Å². The zero-order valence-electron chi connectivity index (χ0n) is 24.2. The summed E-state index contributed by atoms with van der Waals surface area (Å²) in [7, 11) is 1.19. The first-order chi connectivity index (χ1) is 17.5. The van der Waals surface area contributed by atoms with Gasteiger partial charge < -0.3 is 0 Å². The minimum Gasteiger partial charge on any atom is -0.266 e. The Morgan fingerprint density at radius 3 is 1.83 bits per heavy atom. The Hall–Kier alpha value is -0.820. The lowest BCUT2D eigenvalue weighted by molar-refractivity contribution is 0.428. The normalized spacial score (nSPS) is 21.6. The molecule has 0 spiro atoms. The summed E-state index contributed by atoms with van der Waals surface area (Å²) in [6, 6.07) is 0. The van der Waals surface area contributed by atoms with Gasteiger partial charge in [-0.25, -0.2) is 4.44 Å². The maximum atomic E-state index is 2.80. The van der Waals surface area contributed by atoms with Crippen LogP contribution in [0.1, 0.15) is 80.1 Å². The maximum absolute atomic E-state index is 2.80. The molecule has 0 aromatic heterocycles. The van der Waals surface area contributed by atoms with Crippen molar-refractivity contribution in [3.63, 3.8) is 0 Å². The van der Waals surface area contributed by atoms with Crippen molar-refractivity contribution in [1.29, 1.82) is 0 Å². The number of rotatable bonds is 16. The molecule has 2 aliphatic carbocycles. The van der Waals surface area contributed by atoms with Gasteiger partial charge in [-0.3, -0.25) is 9.34 Å². The van der Waals surface area contributed by atoms with Gasteiger partial charge in [-0.05, 0) is 31.7 Å². The van der Waals surface area contributed by atoms with E-state index >= 15 is 0 Å². The zero-order chi connectivity index (χ0) is 26.3. The highest BCUT2D eigenvalue weighted by molar-refractivity contribution is 7.72. The Kier molecular flexibility index (Phi) is 15.4. The van der Waals surface area contributed by atoms with E-state index in [4.69, 9.17) is 0 Å². The van der Waals surface area contributed by atoms with E-state index < -0.39 is 16.4 Å². The van der Waals surface area contributed by atoms with Crippen LogP contribution in [0.15, 0.2) is 71.4 Å². The van der Waals surface area contributed by atoms with Crippen LogP contribution in [-0.4, -0.2) is 47.0 Å². The summed E-state index contributed by atoms with van der Waals surface area (Å²) < 4.78 is 8.36. The standard InChI is InChI=1S/C31H53N3P2/c1-8-12-16-25-33(10-3)35(30-22-18-20-28(5)23-24-30)32(7)36(34(11-4)26-17-13-9-2)31-21-15-14-19-29(6)27-31/h14-15,18-24,27-29H,8-13,16-17,25-26H2,1-7H3. The maximum Gasteiger partial charge on any atom is 0.0771 e. The summed E-state index contributed by atoms with van der Waals surface area (Å²) in [6.45, 7) is 18.4. The number of hydrogen-bond donors (Lipinski definition) is 0. The predicted molar refractivity (Wildman–Crippen MR) is 166 cm³/mol. The van der Waals surface area contributed by atoms with E-state index in [1.54, 1.807) is 0 Å². The highest BCUT2D eigenvalue weighted by Gasteiger charge is 2.34. The highest BCUT2D eigenvalue weighted by Crippen LogP contribution is 2.66. The van der Waals surface area contributed by atoms with E-state index in [0.717, 1.165) is 13.1 Å². The van der Waals surface area contributed by atoms with Crippen LogP contribution in [0.25, 0.3) is 0 Å². The second-order valence-electron chi connectivity index (χ2n) is 9.96. The van der Waals surface area contributed by atoms with Crippen LogP contribution in [0.2, 0.25) is 0 Å². The summed E-state index contributed by atoms with van der Waals surface area (Å²) >= 11 is 0. The van der Waals surface area contributed by atoms with Gasteiger partial charge in [-0.15, -0.1) is 0 Å². The van der Waals surface area contributed by atoms with Gasteiger partial charge in [0.05, 0.1) is 16.4 Å². The van der Waals surface area contributed by atoms with Crippen LogP contribution in [0.3, 0.4) is 0 Å². The minimum absolute atomic E-state index is 0.460. The fourth-order valence-corrected chi connectivity index (χ4v) is 10.9. The van der Waals surface area contributed by atoms with Gasteiger partial charge in [-0.2, -0.15) is 0 Å². The van der Waals surface area contributed by atoms with Gasteiger partial charge in [0.15, 0.2) is 0 Å². The molecule has 2 rings (SSSR count). The molecule has 0 N–H and O–H groups in total. The van der Waals surface area contributed by atoms with E-state index in [9.17, 15) is 0 Å². The molecule has 3 nitrogen and oxygen atoms in total. The van der Waals surface area contributed by atoms with Crippen molar-refractivity contribution in [2.75, 3.05) is 33.2 Å². The average Bonchev–Trinajstić information content (AvgIpc) is 3.22. The molecule has 0 radical (unpaired) electrons. The number of unbranched alkanes of at least 4 members (excludes halogenated alkanes) is 4. The van der Waals surface area contributed by atoms with Crippen LogP contribution in [-0.2, 0) is 0 Å². The molecule has 4 atom stereocenters. The summed E-state index contributed by atoms with van der Waals surface area (Å²) in [6.07, 6.45) is 31.2. The lowest BCUT2D eigenvalue weighted by Crippen LogP contribution is -2.31. The van der Waals surface area contributed by atoms with E-state index in [1.807, 2.05) is 0 Å². The Balaban J connectivity index is 2.54. The van der Waals surface area contributed by atoms with Crippen molar-refractivity contribution in [2.45, 2.75) is 80.1 Å². The SMILES string of the molecule is CCCCCN(CC)P(C1=CC=CC(C)C=C1)N(C)P(C1=CC(C)C=CC=C1)N(CC)CCCCC. The van der Waals surface area contributed by atoms with Crippen molar-refractivity contribution in [1.82, 2.24) is 13.8 Å². The van der Waals surface area contributed by atoms with Crippen molar-refractivity contribution in [3.05, 3.63) is 71.4 Å². The van der Waals surface area contributed by atoms with Gasteiger partial charge in [0.1, 0.15) is 0 Å². The Morgan fingerprint density at radius 2 is 1.25 bits per heavy atom. The van der Waals surface area contributed by atoms with Crippen LogP contribution in [0.5, 0.6) is 0 Å². The summed E-state index contributed by atoms with van der Waals surface area (Å²) in [5, 5.41) is 2.98. The fourth-order valence-electron chi connectivity index (χ4n) is 4.71. The highest BCUT2D eigenvalue weighted by atomic mass is 31.2. The minimum atomic E-state index is -0.618. The first-order valence-electron chi connectivity index (χ1n) is 14.4. The van der Waals surface area contributed by atoms with Crippen LogP contribution >= 0.6 is 16.4 Å². The Morgan fingerprint density at radius 1 is 0.667 bits per heavy atom. The third kappa shape index (κ3) is 9.81. The molecule has 0 aromatic rings. The van der Waals surface area contributed by atoms with E-state index in [-0.39, 0.29) is 0 Å². The summed E-state index contributed by atoms with van der Waals surface area (Å²) in [5.74, 6) is 0.944. The number of hydrogen-bond acceptors (Lipinski definition) is 3. The van der Waals surface area contributed by atoms with Crippen molar-refractivity contribution in [2.24, 2.45) is 11.8 Å². The molecule has 0 saturated heterocycles. The summed E-state index contributed by atoms with van der Waals surface area (Å²) in [4.78, 5) is 0. The molecular formula is C31H53N3P2. The smallest absolute Gasteiger partial charge is 0.0771 e. The Labute approximate surface area is 226 Å². The van der Waals surface area contributed by atoms with Gasteiger partial charge >= 0.3 is 0 Å². The molecule has 0 aliphatic heterocycles.